The fourth-order valence-corrected chi connectivity index (χ4v) is 2.98. The van der Waals surface area contributed by atoms with Gasteiger partial charge in [-0.15, -0.1) is 11.8 Å². The summed E-state index contributed by atoms with van der Waals surface area (Å²) in [6.07, 6.45) is 2.08. The first kappa shape index (κ1) is 14.0. The van der Waals surface area contributed by atoms with Gasteiger partial charge in [-0.25, -0.2) is 0 Å². The number of rotatable bonds is 3. The van der Waals surface area contributed by atoms with E-state index < -0.39 is 0 Å². The van der Waals surface area contributed by atoms with E-state index >= 15 is 0 Å². The molecule has 2 aromatic carbocycles. The third kappa shape index (κ3) is 2.95. The maximum absolute atomic E-state index is 6.13. The molecule has 0 aromatic heterocycles. The van der Waals surface area contributed by atoms with Crippen molar-refractivity contribution in [3.8, 4) is 11.1 Å². The lowest BCUT2D eigenvalue weighted by atomic mass is 9.97. The van der Waals surface area contributed by atoms with Crippen LogP contribution < -0.4 is 5.73 Å². The highest BCUT2D eigenvalue weighted by molar-refractivity contribution is 7.98. The Balaban J connectivity index is 2.52. The van der Waals surface area contributed by atoms with Crippen LogP contribution in [0, 0.1) is 6.92 Å². The van der Waals surface area contributed by atoms with E-state index in [0.717, 1.165) is 5.69 Å². The molecule has 0 atom stereocenters. The van der Waals surface area contributed by atoms with E-state index in [2.05, 4.69) is 57.4 Å². The van der Waals surface area contributed by atoms with Gasteiger partial charge in [0.2, 0.25) is 0 Å². The molecule has 0 aliphatic heterocycles. The van der Waals surface area contributed by atoms with Crippen LogP contribution in [0.15, 0.2) is 41.3 Å². The van der Waals surface area contributed by atoms with Crippen LogP contribution in [0.1, 0.15) is 30.9 Å². The first-order valence-electron chi connectivity index (χ1n) is 6.57. The van der Waals surface area contributed by atoms with Gasteiger partial charge in [-0.3, -0.25) is 0 Å². The van der Waals surface area contributed by atoms with Crippen LogP contribution in [0.25, 0.3) is 11.1 Å². The third-order valence-electron chi connectivity index (χ3n) is 3.35. The Labute approximate surface area is 120 Å². The van der Waals surface area contributed by atoms with E-state index in [0.29, 0.717) is 5.92 Å². The molecule has 2 heteroatoms. The standard InChI is InChI=1S/C17H21NS/c1-11(2)13-5-7-14(8-6-13)15-9-12(3)10-16(18)17(15)19-4/h5-11H,18H2,1-4H3. The number of hydrogen-bond acceptors (Lipinski definition) is 2. The molecule has 0 unspecified atom stereocenters. The molecule has 2 N–H and O–H groups in total. The van der Waals surface area contributed by atoms with E-state index in [1.54, 1.807) is 11.8 Å². The molecule has 0 saturated carbocycles. The van der Waals surface area contributed by atoms with Crippen LogP contribution in [-0.2, 0) is 0 Å². The lowest BCUT2D eigenvalue weighted by molar-refractivity contribution is 0.867. The predicted molar refractivity (Wildman–Crippen MR) is 86.9 cm³/mol. The van der Waals surface area contributed by atoms with Gasteiger partial charge in [-0.2, -0.15) is 0 Å². The SMILES string of the molecule is CSc1c(N)cc(C)cc1-c1ccc(C(C)C)cc1. The number of nitrogens with two attached hydrogens (primary N) is 1. The Morgan fingerprint density at radius 3 is 2.21 bits per heavy atom. The Bertz CT molecular complexity index is 571. The maximum Gasteiger partial charge on any atom is 0.0461 e. The molecule has 0 amide bonds. The second kappa shape index (κ2) is 5.70. The van der Waals surface area contributed by atoms with Gasteiger partial charge >= 0.3 is 0 Å². The average Bonchev–Trinajstić information content (AvgIpc) is 2.38. The minimum atomic E-state index is 0.566. The van der Waals surface area contributed by atoms with Crippen LogP contribution in [0.3, 0.4) is 0 Å². The van der Waals surface area contributed by atoms with Gasteiger partial charge < -0.3 is 5.73 Å². The van der Waals surface area contributed by atoms with Gasteiger partial charge in [0.25, 0.3) is 0 Å². The highest BCUT2D eigenvalue weighted by Crippen LogP contribution is 2.36. The van der Waals surface area contributed by atoms with Gasteiger partial charge in [0, 0.05) is 10.6 Å². The monoisotopic (exact) mass is 271 g/mol. The molecule has 100 valence electrons. The molecule has 0 spiro atoms. The average molecular weight is 271 g/mol. The summed E-state index contributed by atoms with van der Waals surface area (Å²) >= 11 is 1.71. The van der Waals surface area contributed by atoms with Crippen molar-refractivity contribution >= 4 is 17.4 Å². The molecular weight excluding hydrogens is 250 g/mol. The molecule has 0 bridgehead atoms. The summed E-state index contributed by atoms with van der Waals surface area (Å²) in [6.45, 7) is 6.52. The third-order valence-corrected chi connectivity index (χ3v) is 4.22. The normalized spacial score (nSPS) is 11.0. The van der Waals surface area contributed by atoms with Crippen LogP contribution in [0.2, 0.25) is 0 Å². The number of aryl methyl sites for hydroxylation is 1. The molecule has 0 radical (unpaired) electrons. The van der Waals surface area contributed by atoms with Crippen LogP contribution in [0.4, 0.5) is 5.69 Å². The fourth-order valence-electron chi connectivity index (χ4n) is 2.29. The lowest BCUT2D eigenvalue weighted by Crippen LogP contribution is -1.94. The molecule has 0 aliphatic rings. The summed E-state index contributed by atoms with van der Waals surface area (Å²) in [6, 6.07) is 13.1. The zero-order chi connectivity index (χ0) is 14.0. The first-order chi connectivity index (χ1) is 9.02. The van der Waals surface area contributed by atoms with Crippen molar-refractivity contribution in [2.45, 2.75) is 31.6 Å². The largest absolute Gasteiger partial charge is 0.398 e. The zero-order valence-corrected chi connectivity index (χ0v) is 12.8. The molecule has 19 heavy (non-hydrogen) atoms. The van der Waals surface area contributed by atoms with E-state index in [-0.39, 0.29) is 0 Å². The van der Waals surface area contributed by atoms with Crippen LogP contribution in [-0.4, -0.2) is 6.26 Å². The highest BCUT2D eigenvalue weighted by atomic mass is 32.2. The van der Waals surface area contributed by atoms with Crippen molar-refractivity contribution < 1.29 is 0 Å². The van der Waals surface area contributed by atoms with Crippen LogP contribution in [0.5, 0.6) is 0 Å². The van der Waals surface area contributed by atoms with Gasteiger partial charge in [-0.05, 0) is 47.4 Å². The van der Waals surface area contributed by atoms with E-state index in [9.17, 15) is 0 Å². The number of nitrogen functional groups attached to an aromatic ring is 1. The Hall–Kier alpha value is -1.41. The van der Waals surface area contributed by atoms with Crippen molar-refractivity contribution in [1.29, 1.82) is 0 Å². The molecule has 2 aromatic rings. The number of benzene rings is 2. The second-order valence-electron chi connectivity index (χ2n) is 5.21. The van der Waals surface area contributed by atoms with Crippen molar-refractivity contribution in [2.24, 2.45) is 0 Å². The number of anilines is 1. The van der Waals surface area contributed by atoms with Gasteiger partial charge in [0.15, 0.2) is 0 Å². The minimum Gasteiger partial charge on any atom is -0.398 e. The smallest absolute Gasteiger partial charge is 0.0461 e. The minimum absolute atomic E-state index is 0.566. The molecule has 0 fully saturated rings. The van der Waals surface area contributed by atoms with E-state index in [1.807, 2.05) is 6.07 Å². The Kier molecular flexibility index (Phi) is 4.20. The van der Waals surface area contributed by atoms with Crippen molar-refractivity contribution in [3.05, 3.63) is 47.5 Å². The maximum atomic E-state index is 6.13. The molecular formula is C17H21NS. The van der Waals surface area contributed by atoms with Gasteiger partial charge in [0.1, 0.15) is 0 Å². The predicted octanol–water partition coefficient (Wildman–Crippen LogP) is 5.09. The summed E-state index contributed by atoms with van der Waals surface area (Å²) in [5.41, 5.74) is 12.1. The Morgan fingerprint density at radius 1 is 1.05 bits per heavy atom. The molecule has 0 saturated heterocycles. The number of thioether (sulfide) groups is 1. The second-order valence-corrected chi connectivity index (χ2v) is 6.03. The summed E-state index contributed by atoms with van der Waals surface area (Å²) < 4.78 is 0. The lowest BCUT2D eigenvalue weighted by Gasteiger charge is -2.13. The molecule has 2 rings (SSSR count). The topological polar surface area (TPSA) is 26.0 Å². The van der Waals surface area contributed by atoms with E-state index in [4.69, 9.17) is 5.73 Å². The van der Waals surface area contributed by atoms with Crippen molar-refractivity contribution in [2.75, 3.05) is 12.0 Å². The van der Waals surface area contributed by atoms with Crippen molar-refractivity contribution in [3.63, 3.8) is 0 Å². The fraction of sp³-hybridized carbons (Fsp3) is 0.294. The Morgan fingerprint density at radius 2 is 1.68 bits per heavy atom. The molecule has 0 heterocycles. The van der Waals surface area contributed by atoms with Gasteiger partial charge in [-0.1, -0.05) is 44.2 Å². The summed E-state index contributed by atoms with van der Waals surface area (Å²) in [5, 5.41) is 0. The first-order valence-corrected chi connectivity index (χ1v) is 7.80. The quantitative estimate of drug-likeness (QED) is 0.621. The molecule has 1 nitrogen and oxygen atoms in total. The summed E-state index contributed by atoms with van der Waals surface area (Å²) in [5.74, 6) is 0.566. The van der Waals surface area contributed by atoms with Crippen molar-refractivity contribution in [1.82, 2.24) is 0 Å². The number of hydrogen-bond donors (Lipinski definition) is 1. The molecule has 0 aliphatic carbocycles. The highest BCUT2D eigenvalue weighted by Gasteiger charge is 2.09. The van der Waals surface area contributed by atoms with Crippen LogP contribution >= 0.6 is 11.8 Å². The summed E-state index contributed by atoms with van der Waals surface area (Å²) in [4.78, 5) is 1.17. The summed E-state index contributed by atoms with van der Waals surface area (Å²) in [7, 11) is 0. The van der Waals surface area contributed by atoms with E-state index in [1.165, 1.54) is 27.1 Å². The van der Waals surface area contributed by atoms with Gasteiger partial charge in [0.05, 0.1) is 0 Å². The zero-order valence-electron chi connectivity index (χ0n) is 12.0.